The Kier molecular flexibility index (Phi) is 10.1. The van der Waals surface area contributed by atoms with Gasteiger partial charge in [0.2, 0.25) is 17.7 Å². The van der Waals surface area contributed by atoms with Crippen LogP contribution in [0.2, 0.25) is 0 Å². The van der Waals surface area contributed by atoms with Gasteiger partial charge in [0.25, 0.3) is 0 Å². The van der Waals surface area contributed by atoms with E-state index in [0.29, 0.717) is 5.56 Å². The van der Waals surface area contributed by atoms with E-state index in [-0.39, 0.29) is 12.2 Å². The number of aliphatic carboxylic acids is 2. The number of hydrogen-bond acceptors (Lipinski definition) is 8. The third kappa shape index (κ3) is 8.57. The zero-order valence-corrected chi connectivity index (χ0v) is 17.1. The maximum absolute atomic E-state index is 12.7. The highest BCUT2D eigenvalue weighted by Gasteiger charge is 2.29. The van der Waals surface area contributed by atoms with Gasteiger partial charge in [0, 0.05) is 6.42 Å². The van der Waals surface area contributed by atoms with Gasteiger partial charge in [0.15, 0.2) is 0 Å². The van der Waals surface area contributed by atoms with Gasteiger partial charge in [-0.3, -0.25) is 19.2 Å². The molecule has 0 fully saturated rings. The van der Waals surface area contributed by atoms with Crippen LogP contribution in [0.5, 0.6) is 5.75 Å². The number of aliphatic hydroxyl groups is 1. The molecule has 32 heavy (non-hydrogen) atoms. The summed E-state index contributed by atoms with van der Waals surface area (Å²) in [5.41, 5.74) is 6.00. The first-order valence-electron chi connectivity index (χ1n) is 9.44. The Morgan fingerprint density at radius 2 is 1.47 bits per heavy atom. The van der Waals surface area contributed by atoms with Crippen LogP contribution in [0.4, 0.5) is 0 Å². The normalized spacial score (nSPS) is 14.3. The molecule has 0 bridgehead atoms. The first kappa shape index (κ1) is 26.3. The number of carboxylic acid groups (broad SMARTS) is 2. The third-order valence-electron chi connectivity index (χ3n) is 4.29. The van der Waals surface area contributed by atoms with Gasteiger partial charge >= 0.3 is 11.9 Å². The number of aromatic hydroxyl groups is 1. The van der Waals surface area contributed by atoms with Crippen LogP contribution in [-0.4, -0.2) is 80.9 Å². The van der Waals surface area contributed by atoms with Crippen LogP contribution in [-0.2, 0) is 30.4 Å². The number of carbonyl (C=O) groups excluding carboxylic acids is 3. The summed E-state index contributed by atoms with van der Waals surface area (Å²) in [5.74, 6) is -5.60. The van der Waals surface area contributed by atoms with Crippen molar-refractivity contribution in [1.82, 2.24) is 16.0 Å². The Morgan fingerprint density at radius 3 is 1.97 bits per heavy atom. The zero-order valence-electron chi connectivity index (χ0n) is 17.1. The lowest BCUT2D eigenvalue weighted by molar-refractivity contribution is -0.147. The van der Waals surface area contributed by atoms with E-state index in [1.165, 1.54) is 31.2 Å². The Labute approximate surface area is 182 Å². The van der Waals surface area contributed by atoms with Crippen molar-refractivity contribution >= 4 is 29.7 Å². The van der Waals surface area contributed by atoms with E-state index >= 15 is 0 Å². The fourth-order valence-electron chi connectivity index (χ4n) is 2.49. The zero-order chi connectivity index (χ0) is 24.4. The van der Waals surface area contributed by atoms with E-state index in [9.17, 15) is 29.1 Å². The van der Waals surface area contributed by atoms with E-state index in [2.05, 4.69) is 10.6 Å². The van der Waals surface area contributed by atoms with Crippen molar-refractivity contribution in [3.63, 3.8) is 0 Å². The highest BCUT2D eigenvalue weighted by molar-refractivity contribution is 5.94. The minimum absolute atomic E-state index is 0.0132. The molecule has 0 radical (unpaired) electrons. The second kappa shape index (κ2) is 12.2. The summed E-state index contributed by atoms with van der Waals surface area (Å²) in [4.78, 5) is 58.8. The first-order chi connectivity index (χ1) is 14.9. The summed E-state index contributed by atoms with van der Waals surface area (Å²) in [6.45, 7) is 0.574. The Morgan fingerprint density at radius 1 is 0.906 bits per heavy atom. The molecule has 9 N–H and O–H groups in total. The molecular weight excluding hydrogens is 428 g/mol. The van der Waals surface area contributed by atoms with Crippen LogP contribution >= 0.6 is 0 Å². The standard InChI is InChI=1S/C19H26N4O9/c1-9(16(28)23-14(19(31)32)7-15(26)27)21-18(30)13(22-17(29)12(20)8-24)6-10-2-4-11(25)5-3-10/h2-5,9,12-14,24-25H,6-8,20H2,1H3,(H,21,30)(H,22,29)(H,23,28)(H,26,27)(H,31,32). The van der Waals surface area contributed by atoms with E-state index in [1.807, 2.05) is 5.32 Å². The number of phenols is 1. The van der Waals surface area contributed by atoms with Crippen LogP contribution in [0.1, 0.15) is 18.9 Å². The third-order valence-corrected chi connectivity index (χ3v) is 4.29. The Bertz CT molecular complexity index is 844. The van der Waals surface area contributed by atoms with Crippen molar-refractivity contribution in [2.45, 2.75) is 43.9 Å². The van der Waals surface area contributed by atoms with Gasteiger partial charge in [-0.05, 0) is 24.6 Å². The molecule has 4 atom stereocenters. The van der Waals surface area contributed by atoms with Crippen molar-refractivity contribution < 1.29 is 44.4 Å². The molecule has 0 heterocycles. The largest absolute Gasteiger partial charge is 0.508 e. The Balaban J connectivity index is 2.91. The predicted octanol–water partition coefficient (Wildman–Crippen LogP) is -2.71. The molecule has 0 aromatic heterocycles. The summed E-state index contributed by atoms with van der Waals surface area (Å²) in [6, 6.07) is 0.262. The van der Waals surface area contributed by atoms with Crippen molar-refractivity contribution in [3.05, 3.63) is 29.8 Å². The average molecular weight is 454 g/mol. The summed E-state index contributed by atoms with van der Waals surface area (Å²) < 4.78 is 0. The quantitative estimate of drug-likeness (QED) is 0.163. The van der Waals surface area contributed by atoms with Gasteiger partial charge in [-0.25, -0.2) is 4.79 Å². The molecule has 176 valence electrons. The topological polar surface area (TPSA) is 228 Å². The first-order valence-corrected chi connectivity index (χ1v) is 9.44. The van der Waals surface area contributed by atoms with Crippen molar-refractivity contribution in [2.24, 2.45) is 5.73 Å². The van der Waals surface area contributed by atoms with Crippen LogP contribution in [0, 0.1) is 0 Å². The lowest BCUT2D eigenvalue weighted by atomic mass is 10.0. The van der Waals surface area contributed by atoms with Crippen LogP contribution in [0.3, 0.4) is 0 Å². The molecule has 3 amide bonds. The molecule has 13 heteroatoms. The number of aliphatic hydroxyl groups excluding tert-OH is 1. The second-order valence-electron chi connectivity index (χ2n) is 6.95. The van der Waals surface area contributed by atoms with Crippen LogP contribution in [0.15, 0.2) is 24.3 Å². The molecule has 1 aromatic rings. The molecule has 0 spiro atoms. The molecular formula is C19H26N4O9. The van der Waals surface area contributed by atoms with Gasteiger partial charge in [-0.2, -0.15) is 0 Å². The lowest BCUT2D eigenvalue weighted by Crippen LogP contribution is -2.57. The lowest BCUT2D eigenvalue weighted by Gasteiger charge is -2.23. The fourth-order valence-corrected chi connectivity index (χ4v) is 2.49. The molecule has 1 aromatic carbocycles. The molecule has 4 unspecified atom stereocenters. The molecule has 0 aliphatic rings. The minimum Gasteiger partial charge on any atom is -0.508 e. The van der Waals surface area contributed by atoms with Crippen molar-refractivity contribution in [2.75, 3.05) is 6.61 Å². The number of rotatable bonds is 12. The SMILES string of the molecule is CC(NC(=O)C(Cc1ccc(O)cc1)NC(=O)C(N)CO)C(=O)NC(CC(=O)O)C(=O)O. The summed E-state index contributed by atoms with van der Waals surface area (Å²) >= 11 is 0. The van der Waals surface area contributed by atoms with E-state index < -0.39 is 66.9 Å². The van der Waals surface area contributed by atoms with Crippen LogP contribution < -0.4 is 21.7 Å². The van der Waals surface area contributed by atoms with E-state index in [4.69, 9.17) is 21.1 Å². The van der Waals surface area contributed by atoms with E-state index in [1.54, 1.807) is 0 Å². The van der Waals surface area contributed by atoms with Gasteiger partial charge < -0.3 is 42.1 Å². The van der Waals surface area contributed by atoms with E-state index in [0.717, 1.165) is 0 Å². The number of phenolic OH excluding ortho intramolecular Hbond substituents is 1. The maximum Gasteiger partial charge on any atom is 0.326 e. The molecule has 1 rings (SSSR count). The maximum atomic E-state index is 12.7. The molecule has 13 nitrogen and oxygen atoms in total. The number of carbonyl (C=O) groups is 5. The number of carboxylic acids is 2. The molecule has 0 saturated heterocycles. The summed E-state index contributed by atoms with van der Waals surface area (Å²) in [6.07, 6.45) is -0.915. The predicted molar refractivity (Wildman–Crippen MR) is 108 cm³/mol. The monoisotopic (exact) mass is 454 g/mol. The van der Waals surface area contributed by atoms with Gasteiger partial charge in [0.05, 0.1) is 13.0 Å². The highest BCUT2D eigenvalue weighted by atomic mass is 16.4. The van der Waals surface area contributed by atoms with Crippen LogP contribution in [0.25, 0.3) is 0 Å². The summed E-state index contributed by atoms with van der Waals surface area (Å²) in [7, 11) is 0. The molecule has 0 saturated carbocycles. The smallest absolute Gasteiger partial charge is 0.326 e. The number of amides is 3. The average Bonchev–Trinajstić information content (AvgIpc) is 2.72. The fraction of sp³-hybridized carbons (Fsp3) is 0.421. The summed E-state index contributed by atoms with van der Waals surface area (Å²) in [5, 5.41) is 42.9. The second-order valence-corrected chi connectivity index (χ2v) is 6.95. The van der Waals surface area contributed by atoms with Crippen molar-refractivity contribution in [1.29, 1.82) is 0 Å². The van der Waals surface area contributed by atoms with Gasteiger partial charge in [-0.1, -0.05) is 12.1 Å². The van der Waals surface area contributed by atoms with Gasteiger partial charge in [0.1, 0.15) is 29.9 Å². The molecule has 0 aliphatic heterocycles. The number of benzene rings is 1. The number of nitrogens with two attached hydrogens (primary N) is 1. The Hall–Kier alpha value is -3.71. The highest BCUT2D eigenvalue weighted by Crippen LogP contribution is 2.11. The molecule has 0 aliphatic carbocycles. The van der Waals surface area contributed by atoms with Crippen molar-refractivity contribution in [3.8, 4) is 5.75 Å². The van der Waals surface area contributed by atoms with Gasteiger partial charge in [-0.15, -0.1) is 0 Å². The number of hydrogen-bond donors (Lipinski definition) is 8. The minimum atomic E-state index is -1.70. The number of nitrogens with one attached hydrogen (secondary N) is 3.